The van der Waals surface area contributed by atoms with Crippen LogP contribution in [0.2, 0.25) is 0 Å². The summed E-state index contributed by atoms with van der Waals surface area (Å²) in [6.07, 6.45) is 1.06. The second-order valence-corrected chi connectivity index (χ2v) is 12.4. The minimum Gasteiger partial charge on any atom is -0.288 e. The molecule has 1 aromatic rings. The van der Waals surface area contributed by atoms with Gasteiger partial charge in [0.2, 0.25) is 0 Å². The lowest BCUT2D eigenvalue weighted by atomic mass is 10.4. The molecule has 0 aliphatic rings. The molecule has 0 saturated heterocycles. The Kier molecular flexibility index (Phi) is 10.6. The first kappa shape index (κ1) is 23.2. The Morgan fingerprint density at radius 2 is 1.78 bits per heavy atom. The van der Waals surface area contributed by atoms with Crippen LogP contribution in [0.5, 0.6) is 0 Å². The molecule has 0 radical (unpaired) electrons. The van der Waals surface area contributed by atoms with Crippen LogP contribution in [0, 0.1) is 0 Å². The number of thioether (sulfide) groups is 2. The molecular weight excluding hydrogens is 694 g/mol. The summed E-state index contributed by atoms with van der Waals surface area (Å²) in [5.74, 6) is 0.686. The van der Waals surface area contributed by atoms with Crippen molar-refractivity contribution in [3.63, 3.8) is 0 Å². The Balaban J connectivity index is 3.00. The highest BCUT2D eigenvalue weighted by Gasteiger charge is 2.39. The van der Waals surface area contributed by atoms with Crippen LogP contribution >= 0.6 is 116 Å². The fourth-order valence-electron chi connectivity index (χ4n) is 1.36. The normalized spacial score (nSPS) is 12.0. The van der Waals surface area contributed by atoms with Gasteiger partial charge in [-0.05, 0) is 77.8 Å². The summed E-state index contributed by atoms with van der Waals surface area (Å²) in [7, 11) is 0. The summed E-state index contributed by atoms with van der Waals surface area (Å²) in [6, 6.07) is 1.74. The van der Waals surface area contributed by atoms with Crippen molar-refractivity contribution in [1.29, 1.82) is 0 Å². The van der Waals surface area contributed by atoms with Crippen molar-refractivity contribution in [2.45, 2.75) is 31.6 Å². The lowest BCUT2D eigenvalue weighted by Gasteiger charge is -2.20. The number of benzene rings is 1. The van der Waals surface area contributed by atoms with E-state index >= 15 is 0 Å². The van der Waals surface area contributed by atoms with Gasteiger partial charge < -0.3 is 0 Å². The van der Waals surface area contributed by atoms with Gasteiger partial charge in [-0.1, -0.05) is 31.9 Å². The van der Waals surface area contributed by atoms with Crippen LogP contribution in [0.15, 0.2) is 29.3 Å². The maximum atomic E-state index is 14.0. The quantitative estimate of drug-likeness (QED) is 0.128. The van der Waals surface area contributed by atoms with Crippen molar-refractivity contribution in [3.05, 3.63) is 19.5 Å². The summed E-state index contributed by atoms with van der Waals surface area (Å²) in [5, 5.41) is -3.18. The summed E-state index contributed by atoms with van der Waals surface area (Å²) in [5.41, 5.74) is 0. The predicted molar refractivity (Wildman–Crippen MR) is 116 cm³/mol. The van der Waals surface area contributed by atoms with Gasteiger partial charge in [0.05, 0.1) is 0 Å². The van der Waals surface area contributed by atoms with Crippen LogP contribution < -0.4 is 0 Å². The highest BCUT2D eigenvalue weighted by Crippen LogP contribution is 2.51. The van der Waals surface area contributed by atoms with Crippen molar-refractivity contribution in [3.8, 4) is 0 Å². The molecule has 0 atom stereocenters. The van der Waals surface area contributed by atoms with Gasteiger partial charge in [0.1, 0.15) is 3.74 Å². The Labute approximate surface area is 189 Å². The van der Waals surface area contributed by atoms with E-state index in [1.165, 1.54) is 11.8 Å². The fourth-order valence-corrected chi connectivity index (χ4v) is 7.06. The fraction of sp³-hybridized carbons (Fsp3) is 0.417. The Morgan fingerprint density at radius 3 is 2.30 bits per heavy atom. The summed E-state index contributed by atoms with van der Waals surface area (Å²) >= 11 is 21.6. The van der Waals surface area contributed by atoms with E-state index in [0.29, 0.717) is 44.2 Å². The first-order valence-corrected chi connectivity index (χ1v) is 12.4. The molecule has 0 unspecified atom stereocenters. The minimum absolute atomic E-state index is 0.156. The minimum atomic E-state index is -3.03. The van der Waals surface area contributed by atoms with Crippen molar-refractivity contribution in [1.82, 2.24) is 0 Å². The van der Waals surface area contributed by atoms with Crippen molar-refractivity contribution in [2.75, 3.05) is 5.75 Å². The average Bonchev–Trinajstić information content (AvgIpc) is 2.42. The summed E-state index contributed by atoms with van der Waals surface area (Å²) in [6.45, 7) is 0. The van der Waals surface area contributed by atoms with Crippen LogP contribution in [0.4, 0.5) is 8.78 Å². The molecule has 1 rings (SSSR count). The number of halogens is 7. The van der Waals surface area contributed by atoms with Crippen molar-refractivity contribution >= 4 is 121 Å². The Morgan fingerprint density at radius 1 is 1.22 bits per heavy atom. The SMILES string of the molecule is O=C(S)CCCSc1c(Br)cc(Br)c(SC(F)(F)C(Br)Br)c1Br. The zero-order valence-electron chi connectivity index (χ0n) is 11.1. The summed E-state index contributed by atoms with van der Waals surface area (Å²) < 4.78 is 28.8. The molecule has 130 valence electrons. The third kappa shape index (κ3) is 7.38. The Hall–Kier alpha value is 2.20. The van der Waals surface area contributed by atoms with Crippen LogP contribution in [0.1, 0.15) is 12.8 Å². The number of carbonyl (C=O) groups excluding carboxylic acids is 1. The van der Waals surface area contributed by atoms with Crippen LogP contribution in [0.25, 0.3) is 0 Å². The number of hydrogen-bond donors (Lipinski definition) is 1. The van der Waals surface area contributed by atoms with E-state index in [4.69, 9.17) is 0 Å². The summed E-state index contributed by atoms with van der Waals surface area (Å²) in [4.78, 5) is 12.1. The molecule has 0 aliphatic heterocycles. The molecule has 0 bridgehead atoms. The van der Waals surface area contributed by atoms with E-state index in [-0.39, 0.29) is 5.12 Å². The van der Waals surface area contributed by atoms with Gasteiger partial charge in [-0.25, -0.2) is 0 Å². The van der Waals surface area contributed by atoms with E-state index in [2.05, 4.69) is 92.3 Å². The van der Waals surface area contributed by atoms with Gasteiger partial charge in [-0.2, -0.15) is 8.78 Å². The largest absolute Gasteiger partial charge is 0.320 e. The van der Waals surface area contributed by atoms with E-state index in [1.807, 2.05) is 0 Å². The van der Waals surface area contributed by atoms with Gasteiger partial charge in [-0.15, -0.1) is 24.4 Å². The average molecular weight is 703 g/mol. The number of thiol groups is 1. The lowest BCUT2D eigenvalue weighted by Crippen LogP contribution is -2.19. The first-order chi connectivity index (χ1) is 10.6. The van der Waals surface area contributed by atoms with Gasteiger partial charge in [0.25, 0.3) is 0 Å². The van der Waals surface area contributed by atoms with E-state index in [0.717, 1.165) is 9.37 Å². The van der Waals surface area contributed by atoms with Crippen LogP contribution in [-0.2, 0) is 4.79 Å². The van der Waals surface area contributed by atoms with E-state index in [1.54, 1.807) is 6.07 Å². The molecule has 0 aromatic heterocycles. The molecule has 1 nitrogen and oxygen atoms in total. The first-order valence-electron chi connectivity index (χ1n) is 5.93. The molecule has 0 heterocycles. The van der Waals surface area contributed by atoms with E-state index < -0.39 is 8.99 Å². The predicted octanol–water partition coefficient (Wildman–Crippen LogP) is 8.10. The van der Waals surface area contributed by atoms with Gasteiger partial charge in [0.15, 0.2) is 5.12 Å². The maximum Gasteiger partial charge on any atom is 0.320 e. The van der Waals surface area contributed by atoms with Crippen molar-refractivity contribution in [2.24, 2.45) is 0 Å². The molecule has 0 fully saturated rings. The van der Waals surface area contributed by atoms with Crippen LogP contribution in [0.3, 0.4) is 0 Å². The molecule has 0 amide bonds. The number of carbonyl (C=O) groups is 1. The number of hydrogen-bond acceptors (Lipinski definition) is 3. The molecule has 0 spiro atoms. The molecule has 0 aliphatic carbocycles. The van der Waals surface area contributed by atoms with Crippen molar-refractivity contribution < 1.29 is 13.6 Å². The van der Waals surface area contributed by atoms with Crippen LogP contribution in [-0.4, -0.2) is 19.9 Å². The monoisotopic (exact) mass is 698 g/mol. The molecule has 0 saturated carbocycles. The third-order valence-electron chi connectivity index (χ3n) is 2.36. The second-order valence-electron chi connectivity index (χ2n) is 4.12. The second kappa shape index (κ2) is 10.5. The smallest absolute Gasteiger partial charge is 0.288 e. The standard InChI is InChI=1S/C12H9Br5F2OS3/c13-5-4-6(14)10(23-12(18,19)11(16)17)8(15)9(5)22-3-1-2-7(20)21/h4,11H,1-3H2,(H,20,21). The zero-order chi connectivity index (χ0) is 17.8. The third-order valence-corrected chi connectivity index (χ3v) is 9.77. The highest BCUT2D eigenvalue weighted by atomic mass is 79.9. The van der Waals surface area contributed by atoms with E-state index in [9.17, 15) is 13.6 Å². The topological polar surface area (TPSA) is 17.1 Å². The maximum absolute atomic E-state index is 14.0. The molecule has 1 aromatic carbocycles. The van der Waals surface area contributed by atoms with Gasteiger partial charge >= 0.3 is 5.25 Å². The van der Waals surface area contributed by atoms with Gasteiger partial charge in [0, 0.05) is 29.6 Å². The number of rotatable bonds is 8. The highest BCUT2D eigenvalue weighted by molar-refractivity contribution is 9.24. The molecule has 11 heteroatoms. The zero-order valence-corrected chi connectivity index (χ0v) is 21.6. The lowest BCUT2D eigenvalue weighted by molar-refractivity contribution is -0.110. The molecular formula is C12H9Br5F2OS3. The number of alkyl halides is 4. The molecule has 0 N–H and O–H groups in total. The Bertz CT molecular complexity index is 586. The van der Waals surface area contributed by atoms with Gasteiger partial charge in [-0.3, -0.25) is 4.79 Å². The molecule has 23 heavy (non-hydrogen) atoms.